The lowest BCUT2D eigenvalue weighted by Gasteiger charge is -2.39. The molecule has 2 amide bonds. The number of morpholine rings is 1. The van der Waals surface area contributed by atoms with Crippen molar-refractivity contribution in [3.8, 4) is 0 Å². The van der Waals surface area contributed by atoms with E-state index in [-0.39, 0.29) is 29.9 Å². The van der Waals surface area contributed by atoms with Gasteiger partial charge in [-0.1, -0.05) is 18.2 Å². The van der Waals surface area contributed by atoms with Crippen LogP contribution in [0.25, 0.3) is 0 Å². The Bertz CT molecular complexity index is 744. The lowest BCUT2D eigenvalue weighted by atomic mass is 9.89. The van der Waals surface area contributed by atoms with Gasteiger partial charge in [0.05, 0.1) is 18.6 Å². The number of carbonyl (C=O) groups is 2. The van der Waals surface area contributed by atoms with Gasteiger partial charge in [0.25, 0.3) is 0 Å². The van der Waals surface area contributed by atoms with E-state index in [1.54, 1.807) is 0 Å². The van der Waals surface area contributed by atoms with Gasteiger partial charge in [-0.25, -0.2) is 0 Å². The van der Waals surface area contributed by atoms with E-state index in [1.165, 1.54) is 30.4 Å². The number of hydrogen-bond acceptors (Lipinski definition) is 3. The van der Waals surface area contributed by atoms with Gasteiger partial charge in [-0.2, -0.15) is 0 Å². The van der Waals surface area contributed by atoms with Gasteiger partial charge in [-0.3, -0.25) is 9.59 Å². The van der Waals surface area contributed by atoms with Crippen molar-refractivity contribution < 1.29 is 14.3 Å². The molecule has 1 aromatic rings. The molecule has 0 aromatic heterocycles. The summed E-state index contributed by atoms with van der Waals surface area (Å²) in [7, 11) is 0. The number of hydrogen-bond donors (Lipinski definition) is 0. The maximum absolute atomic E-state index is 12.9. The summed E-state index contributed by atoms with van der Waals surface area (Å²) in [4.78, 5) is 29.6. The molecule has 2 heterocycles. The van der Waals surface area contributed by atoms with Crippen LogP contribution in [0.1, 0.15) is 56.2 Å². The monoisotopic (exact) mass is 398 g/mol. The molecule has 2 aliphatic heterocycles. The molecule has 0 radical (unpaired) electrons. The molecule has 1 aliphatic carbocycles. The van der Waals surface area contributed by atoms with Gasteiger partial charge in [0.2, 0.25) is 11.8 Å². The summed E-state index contributed by atoms with van der Waals surface area (Å²) < 4.78 is 5.75. The third-order valence-corrected chi connectivity index (χ3v) is 6.70. The average molecular weight is 399 g/mol. The number of fused-ring (bicyclic) bond motifs is 1. The van der Waals surface area contributed by atoms with Crippen molar-refractivity contribution in [2.24, 2.45) is 5.92 Å². The molecule has 2 unspecified atom stereocenters. The first-order chi connectivity index (χ1) is 14.0. The third-order valence-electron chi connectivity index (χ3n) is 6.70. The van der Waals surface area contributed by atoms with Gasteiger partial charge in [-0.15, -0.1) is 0 Å². The lowest BCUT2D eigenvalue weighted by Crippen LogP contribution is -2.51. The number of amides is 2. The van der Waals surface area contributed by atoms with Crippen molar-refractivity contribution in [1.29, 1.82) is 0 Å². The Hall–Kier alpha value is -1.88. The number of nitrogens with zero attached hydrogens (tertiary/aromatic N) is 2. The molecule has 1 aromatic carbocycles. The van der Waals surface area contributed by atoms with Crippen LogP contribution in [0.2, 0.25) is 0 Å². The fraction of sp³-hybridized carbons (Fsp3) is 0.667. The Kier molecular flexibility index (Phi) is 6.23. The summed E-state index contributed by atoms with van der Waals surface area (Å²) in [6.07, 6.45) is 7.07. The Morgan fingerprint density at radius 1 is 0.966 bits per heavy atom. The standard InChI is InChI=1S/C24H34N2O3/c1-17-15-26(16-18(2)29-17)24(28)21-9-11-25(12-10-21)23(27)14-19-7-8-20-5-3-4-6-22(20)13-19/h7-8,13,17-18,21H,3-6,9-12,14-16H2,1-2H3. The first kappa shape index (κ1) is 20.4. The Morgan fingerprint density at radius 2 is 1.62 bits per heavy atom. The lowest BCUT2D eigenvalue weighted by molar-refractivity contribution is -0.150. The minimum Gasteiger partial charge on any atom is -0.372 e. The number of aryl methyl sites for hydroxylation is 2. The molecule has 3 aliphatic rings. The number of rotatable bonds is 3. The molecule has 0 spiro atoms. The molecule has 2 saturated heterocycles. The molecule has 0 bridgehead atoms. The van der Waals surface area contributed by atoms with E-state index in [1.807, 2.05) is 23.6 Å². The number of piperidine rings is 1. The van der Waals surface area contributed by atoms with Crippen LogP contribution in [0.5, 0.6) is 0 Å². The van der Waals surface area contributed by atoms with Crippen molar-refractivity contribution in [1.82, 2.24) is 9.80 Å². The van der Waals surface area contributed by atoms with Gasteiger partial charge in [0, 0.05) is 32.1 Å². The quantitative estimate of drug-likeness (QED) is 0.787. The summed E-state index contributed by atoms with van der Waals surface area (Å²) in [5.41, 5.74) is 4.02. The highest BCUT2D eigenvalue weighted by Gasteiger charge is 2.33. The van der Waals surface area contributed by atoms with Crippen molar-refractivity contribution in [3.05, 3.63) is 34.9 Å². The van der Waals surface area contributed by atoms with Crippen molar-refractivity contribution >= 4 is 11.8 Å². The fourth-order valence-corrected chi connectivity index (χ4v) is 5.18. The second kappa shape index (κ2) is 8.86. The first-order valence-electron chi connectivity index (χ1n) is 11.3. The minimum absolute atomic E-state index is 0.0419. The molecular formula is C24H34N2O3. The fourth-order valence-electron chi connectivity index (χ4n) is 5.18. The number of likely N-dealkylation sites (tertiary alicyclic amines) is 1. The highest BCUT2D eigenvalue weighted by molar-refractivity contribution is 5.81. The number of ether oxygens (including phenoxy) is 1. The van der Waals surface area contributed by atoms with E-state index in [9.17, 15) is 9.59 Å². The zero-order valence-corrected chi connectivity index (χ0v) is 17.9. The molecule has 2 fully saturated rings. The molecule has 29 heavy (non-hydrogen) atoms. The van der Waals surface area contributed by atoms with Gasteiger partial charge in [-0.05, 0) is 69.1 Å². The zero-order valence-electron chi connectivity index (χ0n) is 17.9. The van der Waals surface area contributed by atoms with E-state index in [4.69, 9.17) is 4.74 Å². The molecule has 5 nitrogen and oxygen atoms in total. The summed E-state index contributed by atoms with van der Waals surface area (Å²) in [6.45, 7) is 6.79. The van der Waals surface area contributed by atoms with Crippen LogP contribution in [0, 0.1) is 5.92 Å². The summed E-state index contributed by atoms with van der Waals surface area (Å²) in [6, 6.07) is 6.58. The van der Waals surface area contributed by atoms with Crippen molar-refractivity contribution in [3.63, 3.8) is 0 Å². The molecule has 5 heteroatoms. The third kappa shape index (κ3) is 4.82. The van der Waals surface area contributed by atoms with Gasteiger partial charge in [0.1, 0.15) is 0 Å². The van der Waals surface area contributed by atoms with E-state index >= 15 is 0 Å². The highest BCUT2D eigenvalue weighted by Crippen LogP contribution is 2.25. The Morgan fingerprint density at radius 3 is 2.31 bits per heavy atom. The van der Waals surface area contributed by atoms with Crippen LogP contribution in [-0.2, 0) is 33.6 Å². The maximum atomic E-state index is 12.9. The summed E-state index contributed by atoms with van der Waals surface area (Å²) in [5, 5.41) is 0. The minimum atomic E-state index is 0.0419. The van der Waals surface area contributed by atoms with Crippen LogP contribution in [0.4, 0.5) is 0 Å². The van der Waals surface area contributed by atoms with E-state index in [2.05, 4.69) is 18.2 Å². The number of benzene rings is 1. The molecular weight excluding hydrogens is 364 g/mol. The largest absolute Gasteiger partial charge is 0.372 e. The smallest absolute Gasteiger partial charge is 0.226 e. The predicted molar refractivity (Wildman–Crippen MR) is 113 cm³/mol. The van der Waals surface area contributed by atoms with E-state index in [0.29, 0.717) is 32.6 Å². The second-order valence-electron chi connectivity index (χ2n) is 9.14. The zero-order chi connectivity index (χ0) is 20.4. The molecule has 0 N–H and O–H groups in total. The van der Waals surface area contributed by atoms with Crippen molar-refractivity contribution in [2.45, 2.75) is 71.0 Å². The van der Waals surface area contributed by atoms with E-state index < -0.39 is 0 Å². The maximum Gasteiger partial charge on any atom is 0.226 e. The highest BCUT2D eigenvalue weighted by atomic mass is 16.5. The summed E-state index contributed by atoms with van der Waals surface area (Å²) in [5.74, 6) is 0.481. The SMILES string of the molecule is CC1CN(C(=O)C2CCN(C(=O)Cc3ccc4c(c3)CCCC4)CC2)CC(C)O1. The van der Waals surface area contributed by atoms with Crippen LogP contribution in [-0.4, -0.2) is 60.0 Å². The number of carbonyl (C=O) groups excluding carboxylic acids is 2. The predicted octanol–water partition coefficient (Wildman–Crippen LogP) is 2.98. The molecule has 158 valence electrons. The average Bonchev–Trinajstić information content (AvgIpc) is 2.72. The van der Waals surface area contributed by atoms with Gasteiger partial charge >= 0.3 is 0 Å². The van der Waals surface area contributed by atoms with Crippen LogP contribution in [0.3, 0.4) is 0 Å². The Balaban J connectivity index is 1.29. The van der Waals surface area contributed by atoms with Crippen LogP contribution >= 0.6 is 0 Å². The molecule has 2 atom stereocenters. The van der Waals surface area contributed by atoms with Crippen LogP contribution in [0.15, 0.2) is 18.2 Å². The normalized spacial score (nSPS) is 25.6. The molecule has 0 saturated carbocycles. The molecule has 4 rings (SSSR count). The summed E-state index contributed by atoms with van der Waals surface area (Å²) >= 11 is 0. The first-order valence-corrected chi connectivity index (χ1v) is 11.3. The van der Waals surface area contributed by atoms with Crippen LogP contribution < -0.4 is 0 Å². The second-order valence-corrected chi connectivity index (χ2v) is 9.14. The topological polar surface area (TPSA) is 49.9 Å². The Labute approximate surface area is 174 Å². The van der Waals surface area contributed by atoms with Crippen molar-refractivity contribution in [2.75, 3.05) is 26.2 Å². The van der Waals surface area contributed by atoms with E-state index in [0.717, 1.165) is 24.8 Å². The van der Waals surface area contributed by atoms with Gasteiger partial charge in [0.15, 0.2) is 0 Å². The van der Waals surface area contributed by atoms with Gasteiger partial charge < -0.3 is 14.5 Å².